The van der Waals surface area contributed by atoms with Crippen LogP contribution in [0.4, 0.5) is 4.39 Å². The molecule has 0 amide bonds. The maximum Gasteiger partial charge on any atom is 0.311 e. The number of carbonyl (C=O) groups is 1. The number of hydrogen-bond donors (Lipinski definition) is 0. The van der Waals surface area contributed by atoms with Gasteiger partial charge in [-0.1, -0.05) is 38.1 Å². The summed E-state index contributed by atoms with van der Waals surface area (Å²) in [5.41, 5.74) is 6.47. The Balaban J connectivity index is 1.45. The van der Waals surface area contributed by atoms with Gasteiger partial charge in [0.15, 0.2) is 0 Å². The van der Waals surface area contributed by atoms with Crippen molar-refractivity contribution in [2.45, 2.75) is 65.9 Å². The maximum absolute atomic E-state index is 15.1. The minimum absolute atomic E-state index is 0.00892. The Kier molecular flexibility index (Phi) is 7.52. The molecule has 0 aromatic heterocycles. The highest BCUT2D eigenvalue weighted by Crippen LogP contribution is 2.48. The van der Waals surface area contributed by atoms with Gasteiger partial charge in [0.05, 0.1) is 19.6 Å². The van der Waals surface area contributed by atoms with Gasteiger partial charge in [-0.05, 0) is 115 Å². The van der Waals surface area contributed by atoms with Crippen molar-refractivity contribution in [2.24, 2.45) is 10.8 Å². The molecule has 0 bridgehead atoms. The van der Waals surface area contributed by atoms with Crippen molar-refractivity contribution in [1.82, 2.24) is 0 Å². The van der Waals surface area contributed by atoms with Crippen LogP contribution < -0.4 is 9.47 Å². The molecule has 3 aromatic carbocycles. The Morgan fingerprint density at radius 2 is 1.75 bits per heavy atom. The number of fused-ring (bicyclic) bond motifs is 1. The predicted molar refractivity (Wildman–Crippen MR) is 157 cm³/mol. The number of halogens is 1. The topological polar surface area (TPSA) is 44.8 Å². The van der Waals surface area contributed by atoms with Gasteiger partial charge in [-0.3, -0.25) is 4.79 Å². The van der Waals surface area contributed by atoms with Crippen molar-refractivity contribution < 1.29 is 23.4 Å². The number of rotatable bonds is 8. The molecule has 3 aromatic rings. The Bertz CT molecular complexity index is 1470. The van der Waals surface area contributed by atoms with Crippen LogP contribution >= 0.6 is 0 Å². The predicted octanol–water partition coefficient (Wildman–Crippen LogP) is 8.51. The average molecular weight is 543 g/mol. The summed E-state index contributed by atoms with van der Waals surface area (Å²) in [4.78, 5) is 12.5. The van der Waals surface area contributed by atoms with Crippen LogP contribution in [0.15, 0.2) is 60.7 Å². The summed E-state index contributed by atoms with van der Waals surface area (Å²) in [6.45, 7) is 8.79. The standard InChI is InChI=1S/C35H39FO4/c1-34(2)17-7-8-30(34)28-18-22(9-14-26(28)29-19-24(38-5)13-16-32(29)36)21-40-25-12-10-23-11-15-31(27(23)20-25)35(3,4)33(37)39-6/h8-10,12-14,16,18-20,31H,7,11,15,17,21H2,1-6H3/t31-/m1/s1. The van der Waals surface area contributed by atoms with Gasteiger partial charge in [0.2, 0.25) is 0 Å². The van der Waals surface area contributed by atoms with Crippen LogP contribution in [-0.4, -0.2) is 20.2 Å². The van der Waals surface area contributed by atoms with Crippen LogP contribution in [-0.2, 0) is 22.6 Å². The molecule has 4 nitrogen and oxygen atoms in total. The van der Waals surface area contributed by atoms with Crippen LogP contribution in [0.5, 0.6) is 11.5 Å². The van der Waals surface area contributed by atoms with Gasteiger partial charge < -0.3 is 14.2 Å². The summed E-state index contributed by atoms with van der Waals surface area (Å²) in [6.07, 6.45) is 6.20. The van der Waals surface area contributed by atoms with E-state index in [1.165, 1.54) is 24.3 Å². The van der Waals surface area contributed by atoms with E-state index in [1.54, 1.807) is 19.2 Å². The third-order valence-electron chi connectivity index (χ3n) is 8.87. The van der Waals surface area contributed by atoms with E-state index < -0.39 is 5.41 Å². The van der Waals surface area contributed by atoms with Gasteiger partial charge in [-0.2, -0.15) is 0 Å². The zero-order valence-electron chi connectivity index (χ0n) is 24.4. The summed E-state index contributed by atoms with van der Waals surface area (Å²) in [7, 11) is 3.04. The van der Waals surface area contributed by atoms with Gasteiger partial charge in [0.1, 0.15) is 23.9 Å². The fourth-order valence-corrected chi connectivity index (χ4v) is 6.43. The molecule has 40 heavy (non-hydrogen) atoms. The van der Waals surface area contributed by atoms with Gasteiger partial charge >= 0.3 is 5.97 Å². The molecule has 1 atom stereocenters. The molecule has 0 unspecified atom stereocenters. The molecule has 2 aliphatic carbocycles. The second-order valence-corrected chi connectivity index (χ2v) is 12.2. The van der Waals surface area contributed by atoms with Crippen molar-refractivity contribution in [3.8, 4) is 22.6 Å². The van der Waals surface area contributed by atoms with Gasteiger partial charge in [0, 0.05) is 11.5 Å². The number of methoxy groups -OCH3 is 2. The van der Waals surface area contributed by atoms with Gasteiger partial charge in [-0.25, -0.2) is 4.39 Å². The molecular formula is C35H39FO4. The molecule has 0 spiro atoms. The van der Waals surface area contributed by atoms with Crippen molar-refractivity contribution in [3.05, 3.63) is 88.7 Å². The second kappa shape index (κ2) is 10.8. The SMILES string of the molecule is COC(=O)C(C)(C)[C@@H]1CCc2ccc(OCc3ccc(-c4cc(OC)ccc4F)c(C4=CCCC4(C)C)c3)cc21. The zero-order chi connectivity index (χ0) is 28.7. The minimum atomic E-state index is -0.611. The van der Waals surface area contributed by atoms with Gasteiger partial charge in [0.25, 0.3) is 0 Å². The Morgan fingerprint density at radius 3 is 2.45 bits per heavy atom. The maximum atomic E-state index is 15.1. The number of benzene rings is 3. The van der Waals surface area contributed by atoms with Crippen LogP contribution in [0, 0.1) is 16.6 Å². The molecule has 0 saturated heterocycles. The molecule has 0 fully saturated rings. The highest BCUT2D eigenvalue weighted by atomic mass is 19.1. The van der Waals surface area contributed by atoms with Crippen LogP contribution in [0.1, 0.15) is 75.1 Å². The van der Waals surface area contributed by atoms with E-state index in [1.807, 2.05) is 32.0 Å². The van der Waals surface area contributed by atoms with Crippen molar-refractivity contribution >= 4 is 11.5 Å². The number of esters is 1. The molecule has 0 aliphatic heterocycles. The summed E-state index contributed by atoms with van der Waals surface area (Å²) < 4.78 is 31.9. The van der Waals surface area contributed by atoms with Crippen molar-refractivity contribution in [3.63, 3.8) is 0 Å². The summed E-state index contributed by atoms with van der Waals surface area (Å²) >= 11 is 0. The number of aryl methyl sites for hydroxylation is 1. The largest absolute Gasteiger partial charge is 0.497 e. The van der Waals surface area contributed by atoms with Crippen molar-refractivity contribution in [2.75, 3.05) is 14.2 Å². The number of allylic oxidation sites excluding steroid dienone is 2. The summed E-state index contributed by atoms with van der Waals surface area (Å²) in [5, 5.41) is 0. The average Bonchev–Trinajstić information content (AvgIpc) is 3.54. The van der Waals surface area contributed by atoms with E-state index in [4.69, 9.17) is 14.2 Å². The lowest BCUT2D eigenvalue weighted by Gasteiger charge is -2.29. The second-order valence-electron chi connectivity index (χ2n) is 12.2. The number of ether oxygens (including phenoxy) is 3. The Morgan fingerprint density at radius 1 is 0.975 bits per heavy atom. The monoisotopic (exact) mass is 542 g/mol. The van der Waals surface area contributed by atoms with Gasteiger partial charge in [-0.15, -0.1) is 0 Å². The molecule has 0 N–H and O–H groups in total. The molecule has 0 saturated carbocycles. The minimum Gasteiger partial charge on any atom is -0.497 e. The van der Waals surface area contributed by atoms with E-state index >= 15 is 4.39 Å². The summed E-state index contributed by atoms with van der Waals surface area (Å²) in [5.74, 6) is 1.01. The molecule has 0 radical (unpaired) electrons. The number of hydrogen-bond acceptors (Lipinski definition) is 4. The highest BCUT2D eigenvalue weighted by Gasteiger charge is 2.42. The van der Waals surface area contributed by atoms with E-state index in [-0.39, 0.29) is 23.1 Å². The third-order valence-corrected chi connectivity index (χ3v) is 8.87. The van der Waals surface area contributed by atoms with Crippen LogP contribution in [0.3, 0.4) is 0 Å². The lowest BCUT2D eigenvalue weighted by atomic mass is 9.75. The first kappa shape index (κ1) is 27.9. The van der Waals surface area contributed by atoms with E-state index in [0.29, 0.717) is 17.9 Å². The van der Waals surface area contributed by atoms with Crippen LogP contribution in [0.2, 0.25) is 0 Å². The lowest BCUT2D eigenvalue weighted by Crippen LogP contribution is -2.31. The lowest BCUT2D eigenvalue weighted by molar-refractivity contribution is -0.152. The molecule has 5 rings (SSSR count). The first-order valence-electron chi connectivity index (χ1n) is 14.1. The fraction of sp³-hybridized carbons (Fsp3) is 0.400. The van der Waals surface area contributed by atoms with Crippen LogP contribution in [0.25, 0.3) is 16.7 Å². The van der Waals surface area contributed by atoms with E-state index in [9.17, 15) is 4.79 Å². The smallest absolute Gasteiger partial charge is 0.311 e. The van der Waals surface area contributed by atoms with E-state index in [0.717, 1.165) is 53.7 Å². The quantitative estimate of drug-likeness (QED) is 0.268. The molecule has 2 aliphatic rings. The van der Waals surface area contributed by atoms with E-state index in [2.05, 4.69) is 38.1 Å². The Labute approximate surface area is 237 Å². The molecule has 0 heterocycles. The summed E-state index contributed by atoms with van der Waals surface area (Å²) in [6, 6.07) is 17.2. The molecule has 5 heteroatoms. The first-order valence-corrected chi connectivity index (χ1v) is 14.1. The Hall–Kier alpha value is -3.60. The highest BCUT2D eigenvalue weighted by molar-refractivity contribution is 5.85. The fourth-order valence-electron chi connectivity index (χ4n) is 6.43. The molecular weight excluding hydrogens is 503 g/mol. The molecule has 210 valence electrons. The third kappa shape index (κ3) is 5.14. The first-order chi connectivity index (χ1) is 19.0. The van der Waals surface area contributed by atoms with Crippen molar-refractivity contribution in [1.29, 1.82) is 0 Å². The number of carbonyl (C=O) groups excluding carboxylic acids is 1. The normalized spacial score (nSPS) is 17.8. The zero-order valence-corrected chi connectivity index (χ0v) is 24.4.